The number of carbonyl (C=O) groups excluding carboxylic acids is 2. The Hall–Kier alpha value is -2.88. The average Bonchev–Trinajstić information content (AvgIpc) is 3.02. The van der Waals surface area contributed by atoms with Crippen molar-refractivity contribution in [1.29, 1.82) is 0 Å². The van der Waals surface area contributed by atoms with Gasteiger partial charge in [-0.25, -0.2) is 4.79 Å². The van der Waals surface area contributed by atoms with Crippen molar-refractivity contribution in [1.82, 2.24) is 4.90 Å². The summed E-state index contributed by atoms with van der Waals surface area (Å²) in [6.45, 7) is 0.386. The van der Waals surface area contributed by atoms with E-state index in [1.54, 1.807) is 42.5 Å². The van der Waals surface area contributed by atoms with Gasteiger partial charge in [-0.05, 0) is 47.9 Å². The minimum absolute atomic E-state index is 0.107. The SMILES string of the molecule is NC(=O)CCC(C(=O)O)N1C(=O)/C(=C/c2ccc(OCc3ccc(Cl)cc3)cc2)SC1=S. The van der Waals surface area contributed by atoms with Gasteiger partial charge in [0.05, 0.1) is 4.91 Å². The second kappa shape index (κ2) is 10.6. The lowest BCUT2D eigenvalue weighted by atomic mass is 10.1. The van der Waals surface area contributed by atoms with Crippen molar-refractivity contribution in [3.63, 3.8) is 0 Å². The number of primary amides is 1. The van der Waals surface area contributed by atoms with Crippen molar-refractivity contribution in [3.8, 4) is 5.75 Å². The highest BCUT2D eigenvalue weighted by Crippen LogP contribution is 2.35. The van der Waals surface area contributed by atoms with Crippen molar-refractivity contribution in [2.24, 2.45) is 5.73 Å². The number of thiocarbonyl (C=S) groups is 1. The third kappa shape index (κ3) is 6.09. The van der Waals surface area contributed by atoms with Crippen LogP contribution in [0.3, 0.4) is 0 Å². The van der Waals surface area contributed by atoms with Crippen LogP contribution < -0.4 is 10.5 Å². The number of thioether (sulfide) groups is 1. The first-order valence-corrected chi connectivity index (χ1v) is 11.1. The number of amides is 2. The van der Waals surface area contributed by atoms with Crippen LogP contribution in [0, 0.1) is 0 Å². The Morgan fingerprint density at radius 3 is 2.44 bits per heavy atom. The van der Waals surface area contributed by atoms with Gasteiger partial charge in [0.1, 0.15) is 22.7 Å². The van der Waals surface area contributed by atoms with E-state index >= 15 is 0 Å². The van der Waals surface area contributed by atoms with Crippen LogP contribution in [0.15, 0.2) is 53.4 Å². The molecule has 2 amide bonds. The molecule has 0 bridgehead atoms. The van der Waals surface area contributed by atoms with Gasteiger partial charge in [-0.3, -0.25) is 14.5 Å². The first kappa shape index (κ1) is 23.8. The molecule has 0 spiro atoms. The molecule has 1 aliphatic rings. The third-order valence-corrected chi connectivity index (χ3v) is 6.16. The summed E-state index contributed by atoms with van der Waals surface area (Å²) in [7, 11) is 0. The van der Waals surface area contributed by atoms with E-state index in [0.29, 0.717) is 22.3 Å². The van der Waals surface area contributed by atoms with Crippen LogP contribution in [0.25, 0.3) is 6.08 Å². The molecule has 3 rings (SSSR count). The van der Waals surface area contributed by atoms with E-state index in [-0.39, 0.29) is 17.2 Å². The molecule has 2 aromatic carbocycles. The molecule has 0 aliphatic carbocycles. The van der Waals surface area contributed by atoms with E-state index in [0.717, 1.165) is 27.8 Å². The van der Waals surface area contributed by atoms with Crippen LogP contribution in [0.2, 0.25) is 5.02 Å². The summed E-state index contributed by atoms with van der Waals surface area (Å²) in [5.41, 5.74) is 6.82. The van der Waals surface area contributed by atoms with Crippen molar-refractivity contribution in [2.45, 2.75) is 25.5 Å². The second-order valence-electron chi connectivity index (χ2n) is 6.89. The van der Waals surface area contributed by atoms with Gasteiger partial charge in [0.25, 0.3) is 5.91 Å². The fourth-order valence-electron chi connectivity index (χ4n) is 2.95. The van der Waals surface area contributed by atoms with E-state index in [9.17, 15) is 19.5 Å². The predicted molar refractivity (Wildman–Crippen MR) is 127 cm³/mol. The zero-order chi connectivity index (χ0) is 23.3. The topological polar surface area (TPSA) is 110 Å². The highest BCUT2D eigenvalue weighted by molar-refractivity contribution is 8.26. The number of benzene rings is 2. The molecular weight excluding hydrogens is 472 g/mol. The van der Waals surface area contributed by atoms with E-state index in [1.165, 1.54) is 0 Å². The third-order valence-electron chi connectivity index (χ3n) is 4.58. The average molecular weight is 491 g/mol. The Kier molecular flexibility index (Phi) is 7.89. The summed E-state index contributed by atoms with van der Waals surface area (Å²) in [4.78, 5) is 36.8. The number of nitrogens with two attached hydrogens (primary N) is 1. The molecule has 32 heavy (non-hydrogen) atoms. The molecule has 0 aromatic heterocycles. The summed E-state index contributed by atoms with van der Waals surface area (Å²) in [5, 5.41) is 10.1. The quantitative estimate of drug-likeness (QED) is 0.406. The molecule has 10 heteroatoms. The largest absolute Gasteiger partial charge is 0.489 e. The predicted octanol–water partition coefficient (Wildman–Crippen LogP) is 3.84. The number of nitrogens with zero attached hydrogens (tertiary/aromatic N) is 1. The molecule has 2 aromatic rings. The lowest BCUT2D eigenvalue weighted by Gasteiger charge is -2.22. The number of halogens is 1. The lowest BCUT2D eigenvalue weighted by molar-refractivity contribution is -0.145. The zero-order valence-electron chi connectivity index (χ0n) is 16.7. The van der Waals surface area contributed by atoms with Crippen molar-refractivity contribution in [2.75, 3.05) is 0 Å². The number of hydrogen-bond donors (Lipinski definition) is 2. The minimum Gasteiger partial charge on any atom is -0.489 e. The van der Waals surface area contributed by atoms with E-state index < -0.39 is 23.8 Å². The molecule has 3 N–H and O–H groups in total. The van der Waals surface area contributed by atoms with Crippen LogP contribution in [-0.2, 0) is 21.0 Å². The maximum absolute atomic E-state index is 12.8. The Morgan fingerprint density at radius 2 is 1.84 bits per heavy atom. The fraction of sp³-hybridized carbons (Fsp3) is 0.182. The number of hydrogen-bond acceptors (Lipinski definition) is 6. The summed E-state index contributed by atoms with van der Waals surface area (Å²) >= 11 is 12.1. The summed E-state index contributed by atoms with van der Waals surface area (Å²) in [5.74, 6) is -1.75. The van der Waals surface area contributed by atoms with Crippen LogP contribution >= 0.6 is 35.6 Å². The molecule has 1 saturated heterocycles. The maximum Gasteiger partial charge on any atom is 0.326 e. The van der Waals surface area contributed by atoms with Gasteiger partial charge in [0, 0.05) is 11.4 Å². The minimum atomic E-state index is -1.25. The maximum atomic E-state index is 12.8. The van der Waals surface area contributed by atoms with Gasteiger partial charge >= 0.3 is 5.97 Å². The number of ether oxygens (including phenoxy) is 1. The van der Waals surface area contributed by atoms with Crippen LogP contribution in [0.1, 0.15) is 24.0 Å². The molecule has 7 nitrogen and oxygen atoms in total. The molecule has 1 atom stereocenters. The summed E-state index contributed by atoms with van der Waals surface area (Å²) in [6, 6.07) is 13.2. The Labute approximate surface area is 199 Å². The van der Waals surface area contributed by atoms with Crippen LogP contribution in [0.5, 0.6) is 5.75 Å². The number of carbonyl (C=O) groups is 3. The van der Waals surface area contributed by atoms with Gasteiger partial charge in [-0.1, -0.05) is 59.8 Å². The van der Waals surface area contributed by atoms with Crippen molar-refractivity contribution in [3.05, 3.63) is 69.6 Å². The van der Waals surface area contributed by atoms with E-state index in [4.69, 9.17) is 34.3 Å². The number of aliphatic carboxylic acids is 1. The second-order valence-corrected chi connectivity index (χ2v) is 9.01. The number of carboxylic acids is 1. The molecule has 1 fully saturated rings. The summed E-state index contributed by atoms with van der Waals surface area (Å²) in [6.07, 6.45) is 1.36. The van der Waals surface area contributed by atoms with Crippen LogP contribution in [-0.4, -0.2) is 38.2 Å². The fourth-order valence-corrected chi connectivity index (χ4v) is 4.43. The number of rotatable bonds is 9. The van der Waals surface area contributed by atoms with Gasteiger partial charge in [0.15, 0.2) is 0 Å². The molecule has 1 unspecified atom stereocenters. The van der Waals surface area contributed by atoms with Gasteiger partial charge in [-0.2, -0.15) is 0 Å². The highest BCUT2D eigenvalue weighted by Gasteiger charge is 2.40. The van der Waals surface area contributed by atoms with Crippen molar-refractivity contribution >= 4 is 63.8 Å². The molecular formula is C22H19ClN2O5S2. The van der Waals surface area contributed by atoms with Gasteiger partial charge < -0.3 is 15.6 Å². The molecule has 1 aliphatic heterocycles. The number of carboxylic acid groups (broad SMARTS) is 1. The van der Waals surface area contributed by atoms with Gasteiger partial charge in [0.2, 0.25) is 5.91 Å². The molecule has 0 radical (unpaired) electrons. The zero-order valence-corrected chi connectivity index (χ0v) is 19.1. The monoisotopic (exact) mass is 490 g/mol. The van der Waals surface area contributed by atoms with Crippen molar-refractivity contribution < 1.29 is 24.2 Å². The van der Waals surface area contributed by atoms with Gasteiger partial charge in [-0.15, -0.1) is 0 Å². The highest BCUT2D eigenvalue weighted by atomic mass is 35.5. The van der Waals surface area contributed by atoms with E-state index in [1.807, 2.05) is 12.1 Å². The molecule has 1 heterocycles. The smallest absolute Gasteiger partial charge is 0.326 e. The molecule has 166 valence electrons. The Morgan fingerprint density at radius 1 is 1.19 bits per heavy atom. The normalized spacial score (nSPS) is 15.8. The first-order chi connectivity index (χ1) is 15.2. The Balaban J connectivity index is 1.67. The standard InChI is InChI=1S/C22H19ClN2O5S2/c23-15-5-1-14(2-6-15)12-30-16-7-3-13(4-8-16)11-18-20(27)25(22(31)32-18)17(21(28)29)9-10-19(24)26/h1-8,11,17H,9-10,12H2,(H2,24,26)(H,28,29)/b18-11-. The van der Waals surface area contributed by atoms with E-state index in [2.05, 4.69) is 0 Å². The summed E-state index contributed by atoms with van der Waals surface area (Å²) < 4.78 is 5.87. The molecule has 0 saturated carbocycles. The first-order valence-electron chi connectivity index (χ1n) is 9.50. The lowest BCUT2D eigenvalue weighted by Crippen LogP contribution is -2.44. The van der Waals surface area contributed by atoms with Crippen LogP contribution in [0.4, 0.5) is 0 Å². The Bertz CT molecular complexity index is 1070.